The van der Waals surface area contributed by atoms with E-state index in [9.17, 15) is 0 Å². The van der Waals surface area contributed by atoms with Crippen molar-refractivity contribution in [2.24, 2.45) is 5.92 Å². The fourth-order valence-electron chi connectivity index (χ4n) is 1.86. The fourth-order valence-corrected chi connectivity index (χ4v) is 2.45. The Kier molecular flexibility index (Phi) is 5.95. The van der Waals surface area contributed by atoms with E-state index in [4.69, 9.17) is 16.3 Å². The van der Waals surface area contributed by atoms with Crippen LogP contribution < -0.4 is 10.1 Å². The van der Waals surface area contributed by atoms with E-state index in [0.29, 0.717) is 19.1 Å². The van der Waals surface area contributed by atoms with Gasteiger partial charge in [0, 0.05) is 16.0 Å². The Morgan fingerprint density at radius 3 is 2.71 bits per heavy atom. The Bertz CT molecular complexity index is 601. The molecule has 0 bridgehead atoms. The van der Waals surface area contributed by atoms with Gasteiger partial charge >= 0.3 is 0 Å². The molecule has 2 nitrogen and oxygen atoms in total. The van der Waals surface area contributed by atoms with E-state index in [1.54, 1.807) is 0 Å². The van der Waals surface area contributed by atoms with Crippen LogP contribution >= 0.6 is 27.5 Å². The Labute approximate surface area is 139 Å². The molecule has 0 saturated carbocycles. The Balaban J connectivity index is 2.07. The van der Waals surface area contributed by atoms with E-state index < -0.39 is 0 Å². The number of rotatable bonds is 6. The summed E-state index contributed by atoms with van der Waals surface area (Å²) in [5, 5.41) is 4.14. The first-order chi connectivity index (χ1) is 10.1. The largest absolute Gasteiger partial charge is 0.491 e. The molecular weight excluding hydrogens is 350 g/mol. The average Bonchev–Trinajstić information content (AvgIpc) is 2.47. The molecule has 0 radical (unpaired) electrons. The second kappa shape index (κ2) is 7.71. The number of ether oxygens (including phenoxy) is 1. The van der Waals surface area contributed by atoms with Gasteiger partial charge in [-0.15, -0.1) is 0 Å². The molecular formula is C17H19BrClNO. The van der Waals surface area contributed by atoms with Gasteiger partial charge in [0.05, 0.1) is 12.3 Å². The van der Waals surface area contributed by atoms with Gasteiger partial charge in [-0.05, 0) is 41.8 Å². The van der Waals surface area contributed by atoms with Crippen molar-refractivity contribution < 1.29 is 4.74 Å². The van der Waals surface area contributed by atoms with Gasteiger partial charge in [0.25, 0.3) is 0 Å². The van der Waals surface area contributed by atoms with Crippen molar-refractivity contribution in [2.45, 2.75) is 20.4 Å². The number of hydrogen-bond acceptors (Lipinski definition) is 2. The number of halogens is 2. The summed E-state index contributed by atoms with van der Waals surface area (Å²) in [7, 11) is 0. The van der Waals surface area contributed by atoms with Crippen molar-refractivity contribution >= 4 is 33.2 Å². The quantitative estimate of drug-likeness (QED) is 0.701. The Hall–Kier alpha value is -1.19. The average molecular weight is 369 g/mol. The third-order valence-electron chi connectivity index (χ3n) is 2.94. The molecule has 0 aliphatic carbocycles. The predicted molar refractivity (Wildman–Crippen MR) is 93.3 cm³/mol. The number of benzene rings is 2. The lowest BCUT2D eigenvalue weighted by molar-refractivity contribution is 0.272. The van der Waals surface area contributed by atoms with Crippen LogP contribution in [0.2, 0.25) is 5.02 Å². The fraction of sp³-hybridized carbons (Fsp3) is 0.294. The van der Waals surface area contributed by atoms with E-state index in [0.717, 1.165) is 26.5 Å². The lowest BCUT2D eigenvalue weighted by Crippen LogP contribution is -2.07. The van der Waals surface area contributed by atoms with Gasteiger partial charge in [0.15, 0.2) is 0 Å². The van der Waals surface area contributed by atoms with Crippen LogP contribution in [0, 0.1) is 5.92 Å². The molecule has 0 atom stereocenters. The van der Waals surface area contributed by atoms with Gasteiger partial charge in [-0.25, -0.2) is 0 Å². The monoisotopic (exact) mass is 367 g/mol. The van der Waals surface area contributed by atoms with Crippen molar-refractivity contribution in [3.05, 3.63) is 57.5 Å². The molecule has 21 heavy (non-hydrogen) atoms. The molecule has 0 spiro atoms. The molecule has 0 saturated heterocycles. The van der Waals surface area contributed by atoms with Crippen LogP contribution in [0.1, 0.15) is 19.4 Å². The van der Waals surface area contributed by atoms with Crippen molar-refractivity contribution in [1.82, 2.24) is 0 Å². The molecule has 2 aromatic carbocycles. The molecule has 2 aromatic rings. The molecule has 0 amide bonds. The summed E-state index contributed by atoms with van der Waals surface area (Å²) in [6.45, 7) is 5.67. The smallest absolute Gasteiger partial charge is 0.142 e. The summed E-state index contributed by atoms with van der Waals surface area (Å²) < 4.78 is 6.88. The summed E-state index contributed by atoms with van der Waals surface area (Å²) in [5.41, 5.74) is 2.10. The van der Waals surface area contributed by atoms with Gasteiger partial charge in [0.1, 0.15) is 5.75 Å². The molecule has 0 unspecified atom stereocenters. The van der Waals surface area contributed by atoms with Gasteiger partial charge < -0.3 is 10.1 Å². The minimum atomic E-state index is 0.500. The topological polar surface area (TPSA) is 21.3 Å². The predicted octanol–water partition coefficient (Wildman–Crippen LogP) is 5.75. The zero-order valence-corrected chi connectivity index (χ0v) is 14.5. The first kappa shape index (κ1) is 16.2. The van der Waals surface area contributed by atoms with E-state index >= 15 is 0 Å². The second-order valence-corrected chi connectivity index (χ2v) is 6.58. The summed E-state index contributed by atoms with van der Waals surface area (Å²) >= 11 is 9.58. The van der Waals surface area contributed by atoms with Crippen LogP contribution in [0.15, 0.2) is 46.9 Å². The highest BCUT2D eigenvalue weighted by Gasteiger charge is 2.06. The maximum Gasteiger partial charge on any atom is 0.142 e. The third kappa shape index (κ3) is 4.94. The third-order valence-corrected chi connectivity index (χ3v) is 3.94. The van der Waals surface area contributed by atoms with Crippen molar-refractivity contribution in [3.8, 4) is 5.75 Å². The first-order valence-corrected chi connectivity index (χ1v) is 8.13. The molecule has 0 heterocycles. The molecule has 0 fully saturated rings. The normalized spacial score (nSPS) is 10.7. The van der Waals surface area contributed by atoms with E-state index in [-0.39, 0.29) is 0 Å². The molecule has 0 aromatic heterocycles. The Morgan fingerprint density at radius 1 is 1.19 bits per heavy atom. The molecule has 2 rings (SSSR count). The molecule has 4 heteroatoms. The van der Waals surface area contributed by atoms with Gasteiger partial charge in [-0.1, -0.05) is 53.5 Å². The zero-order chi connectivity index (χ0) is 15.2. The van der Waals surface area contributed by atoms with E-state index in [2.05, 4.69) is 35.1 Å². The lowest BCUT2D eigenvalue weighted by Gasteiger charge is -2.15. The van der Waals surface area contributed by atoms with E-state index in [1.807, 2.05) is 42.5 Å². The van der Waals surface area contributed by atoms with Crippen molar-refractivity contribution in [3.63, 3.8) is 0 Å². The van der Waals surface area contributed by atoms with Gasteiger partial charge in [-0.2, -0.15) is 0 Å². The molecule has 0 aliphatic rings. The number of hydrogen-bond donors (Lipinski definition) is 1. The maximum absolute atomic E-state index is 6.04. The van der Waals surface area contributed by atoms with Crippen LogP contribution in [-0.2, 0) is 6.54 Å². The zero-order valence-electron chi connectivity index (χ0n) is 12.2. The summed E-state index contributed by atoms with van der Waals surface area (Å²) in [5.74, 6) is 1.38. The highest BCUT2D eigenvalue weighted by atomic mass is 79.9. The number of anilines is 1. The van der Waals surface area contributed by atoms with Crippen LogP contribution in [0.25, 0.3) is 0 Å². The maximum atomic E-state index is 6.04. The minimum Gasteiger partial charge on any atom is -0.491 e. The van der Waals surface area contributed by atoms with Crippen molar-refractivity contribution in [1.29, 1.82) is 0 Å². The van der Waals surface area contributed by atoms with Crippen LogP contribution in [0.4, 0.5) is 5.69 Å². The number of nitrogens with one attached hydrogen (secondary N) is 1. The van der Waals surface area contributed by atoms with Crippen LogP contribution in [-0.4, -0.2) is 6.61 Å². The van der Waals surface area contributed by atoms with E-state index in [1.165, 1.54) is 0 Å². The van der Waals surface area contributed by atoms with Crippen LogP contribution in [0.5, 0.6) is 5.75 Å². The standard InChI is InChI=1S/C17H19BrClNO/c1-12(2)11-21-17-6-4-3-5-16(17)20-10-13-9-14(19)7-8-15(13)18/h3-9,12,20H,10-11H2,1-2H3. The number of para-hydroxylation sites is 2. The van der Waals surface area contributed by atoms with Gasteiger partial charge in [0.2, 0.25) is 0 Å². The molecule has 1 N–H and O–H groups in total. The molecule has 0 aliphatic heterocycles. The van der Waals surface area contributed by atoms with Gasteiger partial charge in [-0.3, -0.25) is 0 Å². The summed E-state index contributed by atoms with van der Waals surface area (Å²) in [4.78, 5) is 0. The van der Waals surface area contributed by atoms with Crippen molar-refractivity contribution in [2.75, 3.05) is 11.9 Å². The molecule has 112 valence electrons. The second-order valence-electron chi connectivity index (χ2n) is 5.29. The highest BCUT2D eigenvalue weighted by Crippen LogP contribution is 2.27. The highest BCUT2D eigenvalue weighted by molar-refractivity contribution is 9.10. The minimum absolute atomic E-state index is 0.500. The SMILES string of the molecule is CC(C)COc1ccccc1NCc1cc(Cl)ccc1Br. The Morgan fingerprint density at radius 2 is 1.95 bits per heavy atom. The lowest BCUT2D eigenvalue weighted by atomic mass is 10.2. The summed E-state index contributed by atoms with van der Waals surface area (Å²) in [6, 6.07) is 13.8. The first-order valence-electron chi connectivity index (χ1n) is 6.96. The van der Waals surface area contributed by atoms with Crippen LogP contribution in [0.3, 0.4) is 0 Å². The summed E-state index contributed by atoms with van der Waals surface area (Å²) in [6.07, 6.45) is 0.